The number of benzene rings is 4. The molecule has 30 heavy (non-hydrogen) atoms. The molecule has 4 aromatic carbocycles. The number of aryl methyl sites for hydroxylation is 1. The van der Waals surface area contributed by atoms with Crippen LogP contribution >= 0.6 is 23.2 Å². The molecule has 150 valence electrons. The highest BCUT2D eigenvalue weighted by Gasteiger charge is 2.10. The van der Waals surface area contributed by atoms with E-state index in [1.54, 1.807) is 6.21 Å². The van der Waals surface area contributed by atoms with Gasteiger partial charge in [-0.3, -0.25) is 4.99 Å². The van der Waals surface area contributed by atoms with Crippen LogP contribution in [0.4, 0.5) is 5.69 Å². The monoisotopic (exact) mass is 433 g/mol. The Hall–Kier alpha value is -2.81. The Morgan fingerprint density at radius 2 is 1.57 bits per heavy atom. The summed E-state index contributed by atoms with van der Waals surface area (Å²) in [7, 11) is 0. The molecule has 0 fully saturated rings. The van der Waals surface area contributed by atoms with Crippen LogP contribution in [0.3, 0.4) is 0 Å². The van der Waals surface area contributed by atoms with Crippen molar-refractivity contribution in [3.8, 4) is 5.75 Å². The van der Waals surface area contributed by atoms with E-state index in [2.05, 4.69) is 48.3 Å². The van der Waals surface area contributed by atoms with Gasteiger partial charge in [0.15, 0.2) is 5.75 Å². The lowest BCUT2D eigenvalue weighted by atomic mass is 10.1. The van der Waals surface area contributed by atoms with Gasteiger partial charge >= 0.3 is 0 Å². The van der Waals surface area contributed by atoms with Gasteiger partial charge in [-0.25, -0.2) is 0 Å². The van der Waals surface area contributed by atoms with Crippen LogP contribution in [0.5, 0.6) is 5.75 Å². The number of halogens is 2. The molecule has 0 saturated heterocycles. The summed E-state index contributed by atoms with van der Waals surface area (Å²) in [5, 5.41) is 3.26. The molecular formula is C26H21Cl2NO. The van der Waals surface area contributed by atoms with Gasteiger partial charge in [-0.1, -0.05) is 84.7 Å². The third kappa shape index (κ3) is 4.67. The van der Waals surface area contributed by atoms with E-state index < -0.39 is 0 Å². The van der Waals surface area contributed by atoms with Crippen LogP contribution in [0, 0.1) is 0 Å². The SMILES string of the molecule is CCc1ccc(N=Cc2cc(Cl)c(OCc3cccc4ccccc34)c(Cl)c2)cc1. The summed E-state index contributed by atoms with van der Waals surface area (Å²) in [6.45, 7) is 2.52. The van der Waals surface area contributed by atoms with Crippen molar-refractivity contribution < 1.29 is 4.74 Å². The van der Waals surface area contributed by atoms with Gasteiger partial charge in [0.05, 0.1) is 15.7 Å². The van der Waals surface area contributed by atoms with E-state index in [0.717, 1.165) is 28.6 Å². The summed E-state index contributed by atoms with van der Waals surface area (Å²) >= 11 is 12.9. The van der Waals surface area contributed by atoms with Crippen LogP contribution in [0.1, 0.15) is 23.6 Å². The number of fused-ring (bicyclic) bond motifs is 1. The van der Waals surface area contributed by atoms with Crippen molar-refractivity contribution in [2.45, 2.75) is 20.0 Å². The minimum Gasteiger partial charge on any atom is -0.486 e. The quantitative estimate of drug-likeness (QED) is 0.282. The number of rotatable bonds is 6. The number of ether oxygens (including phenoxy) is 1. The van der Waals surface area contributed by atoms with E-state index in [1.165, 1.54) is 10.9 Å². The molecule has 4 rings (SSSR count). The first kappa shape index (κ1) is 20.5. The minimum atomic E-state index is 0.387. The second-order valence-electron chi connectivity index (χ2n) is 7.02. The summed E-state index contributed by atoms with van der Waals surface area (Å²) in [5.41, 5.74) is 4.08. The van der Waals surface area contributed by atoms with Crippen LogP contribution in [-0.2, 0) is 13.0 Å². The van der Waals surface area contributed by atoms with Crippen molar-refractivity contribution in [1.82, 2.24) is 0 Å². The van der Waals surface area contributed by atoms with E-state index in [-0.39, 0.29) is 0 Å². The average molecular weight is 434 g/mol. The van der Waals surface area contributed by atoms with Gasteiger partial charge in [0, 0.05) is 6.21 Å². The lowest BCUT2D eigenvalue weighted by molar-refractivity contribution is 0.308. The molecule has 4 heteroatoms. The number of hydrogen-bond donors (Lipinski definition) is 0. The molecule has 0 amide bonds. The third-order valence-electron chi connectivity index (χ3n) is 4.98. The van der Waals surface area contributed by atoms with Crippen molar-refractivity contribution in [3.05, 3.63) is 106 Å². The van der Waals surface area contributed by atoms with E-state index in [4.69, 9.17) is 27.9 Å². The molecule has 0 atom stereocenters. The highest BCUT2D eigenvalue weighted by Crippen LogP contribution is 2.35. The molecule has 0 bridgehead atoms. The predicted molar refractivity (Wildman–Crippen MR) is 128 cm³/mol. The normalized spacial score (nSPS) is 11.3. The zero-order valence-electron chi connectivity index (χ0n) is 16.6. The van der Waals surface area contributed by atoms with E-state index in [1.807, 2.05) is 42.5 Å². The lowest BCUT2D eigenvalue weighted by Crippen LogP contribution is -1.98. The third-order valence-corrected chi connectivity index (χ3v) is 5.54. The largest absolute Gasteiger partial charge is 0.486 e. The molecule has 0 aromatic heterocycles. The highest BCUT2D eigenvalue weighted by molar-refractivity contribution is 6.37. The minimum absolute atomic E-state index is 0.387. The maximum Gasteiger partial charge on any atom is 0.157 e. The molecule has 0 radical (unpaired) electrons. The maximum atomic E-state index is 6.47. The van der Waals surface area contributed by atoms with Crippen molar-refractivity contribution in [1.29, 1.82) is 0 Å². The Balaban J connectivity index is 1.51. The molecule has 4 aromatic rings. The lowest BCUT2D eigenvalue weighted by Gasteiger charge is -2.12. The van der Waals surface area contributed by atoms with Crippen molar-refractivity contribution in [2.24, 2.45) is 4.99 Å². The first-order chi connectivity index (χ1) is 14.6. The first-order valence-corrected chi connectivity index (χ1v) is 10.6. The van der Waals surface area contributed by atoms with Crippen molar-refractivity contribution >= 4 is 45.9 Å². The van der Waals surface area contributed by atoms with Crippen molar-refractivity contribution in [3.63, 3.8) is 0 Å². The summed E-state index contributed by atoms with van der Waals surface area (Å²) < 4.78 is 6.00. The first-order valence-electron chi connectivity index (χ1n) is 9.85. The maximum absolute atomic E-state index is 6.47. The summed E-state index contributed by atoms with van der Waals surface area (Å²) in [6.07, 6.45) is 2.77. The summed E-state index contributed by atoms with van der Waals surface area (Å²) in [6, 6.07) is 26.2. The van der Waals surface area contributed by atoms with Gasteiger partial charge in [-0.2, -0.15) is 0 Å². The van der Waals surface area contributed by atoms with Crippen LogP contribution < -0.4 is 4.74 Å². The topological polar surface area (TPSA) is 21.6 Å². The van der Waals surface area contributed by atoms with E-state index >= 15 is 0 Å². The smallest absolute Gasteiger partial charge is 0.157 e. The Kier molecular flexibility index (Phi) is 6.37. The summed E-state index contributed by atoms with van der Waals surface area (Å²) in [4.78, 5) is 4.51. The van der Waals surface area contributed by atoms with Crippen LogP contribution in [0.25, 0.3) is 10.8 Å². The Labute approximate surface area is 186 Å². The Morgan fingerprint density at radius 1 is 0.867 bits per heavy atom. The van der Waals surface area contributed by atoms with Gasteiger partial charge in [-0.05, 0) is 58.1 Å². The fourth-order valence-corrected chi connectivity index (χ4v) is 3.94. The highest BCUT2D eigenvalue weighted by atomic mass is 35.5. The van der Waals surface area contributed by atoms with Crippen LogP contribution in [-0.4, -0.2) is 6.21 Å². The molecule has 0 N–H and O–H groups in total. The molecule has 0 aliphatic heterocycles. The molecule has 0 saturated carbocycles. The molecule has 0 aliphatic rings. The van der Waals surface area contributed by atoms with Gasteiger partial charge in [-0.15, -0.1) is 0 Å². The standard InChI is InChI=1S/C26H21Cl2NO/c1-2-18-10-12-22(13-11-18)29-16-19-14-24(27)26(25(28)15-19)30-17-21-8-5-7-20-6-3-4-9-23(20)21/h3-16H,2,17H2,1H3. The van der Waals surface area contributed by atoms with Gasteiger partial charge in [0.1, 0.15) is 6.61 Å². The van der Waals surface area contributed by atoms with Gasteiger partial charge in [0.25, 0.3) is 0 Å². The predicted octanol–water partition coefficient (Wildman–Crippen LogP) is 8.04. The zero-order valence-corrected chi connectivity index (χ0v) is 18.1. The Morgan fingerprint density at radius 3 is 2.30 bits per heavy atom. The number of hydrogen-bond acceptors (Lipinski definition) is 2. The van der Waals surface area contributed by atoms with E-state index in [0.29, 0.717) is 22.4 Å². The van der Waals surface area contributed by atoms with Gasteiger partial charge < -0.3 is 4.74 Å². The average Bonchev–Trinajstić information content (AvgIpc) is 2.77. The molecule has 2 nitrogen and oxygen atoms in total. The molecular weight excluding hydrogens is 413 g/mol. The number of aliphatic imine (C=N–C) groups is 1. The molecule has 0 heterocycles. The molecule has 0 unspecified atom stereocenters. The van der Waals surface area contributed by atoms with Crippen LogP contribution in [0.15, 0.2) is 83.9 Å². The second kappa shape index (κ2) is 9.34. The fraction of sp³-hybridized carbons (Fsp3) is 0.115. The van der Waals surface area contributed by atoms with E-state index in [9.17, 15) is 0 Å². The zero-order chi connectivity index (χ0) is 20.9. The fourth-order valence-electron chi connectivity index (χ4n) is 3.33. The molecule has 0 spiro atoms. The number of nitrogens with zero attached hydrogens (tertiary/aromatic N) is 1. The molecule has 0 aliphatic carbocycles. The van der Waals surface area contributed by atoms with Crippen LogP contribution in [0.2, 0.25) is 10.0 Å². The van der Waals surface area contributed by atoms with Gasteiger partial charge in [0.2, 0.25) is 0 Å². The Bertz CT molecular complexity index is 1170. The van der Waals surface area contributed by atoms with Crippen molar-refractivity contribution in [2.75, 3.05) is 0 Å². The summed E-state index contributed by atoms with van der Waals surface area (Å²) in [5.74, 6) is 0.482. The second-order valence-corrected chi connectivity index (χ2v) is 7.83.